The Bertz CT molecular complexity index is 4590. The number of nitrogens with zero attached hydrogens (tertiary/aromatic N) is 2. The van der Waals surface area contributed by atoms with Gasteiger partial charge in [-0.15, -0.1) is 0 Å². The topological polar surface area (TPSA) is 9.86 Å². The monoisotopic (exact) mass is 984 g/mol. The summed E-state index contributed by atoms with van der Waals surface area (Å²) in [6, 6.07) is 88.5. The van der Waals surface area contributed by atoms with Gasteiger partial charge in [-0.1, -0.05) is 197 Å². The molecule has 2 heteroatoms. The van der Waals surface area contributed by atoms with Gasteiger partial charge in [-0.3, -0.25) is 0 Å². The number of aryl methyl sites for hydroxylation is 1. The molecule has 0 radical (unpaired) electrons. The van der Waals surface area contributed by atoms with Crippen LogP contribution in [-0.2, 0) is 10.8 Å². The second-order valence-electron chi connectivity index (χ2n) is 22.6. The minimum absolute atomic E-state index is 0.158. The molecule has 0 N–H and O–H groups in total. The highest BCUT2D eigenvalue weighted by atomic mass is 15.0. The lowest BCUT2D eigenvalue weighted by Gasteiger charge is -2.24. The van der Waals surface area contributed by atoms with Gasteiger partial charge in [-0.25, -0.2) is 0 Å². The van der Waals surface area contributed by atoms with E-state index in [1.807, 2.05) is 0 Å². The Balaban J connectivity index is 0.687. The number of aromatic nitrogens is 2. The smallest absolute Gasteiger partial charge is 0.0541 e. The summed E-state index contributed by atoms with van der Waals surface area (Å²) in [6.45, 7) is 11.8. The average Bonchev–Trinajstić information content (AvgIpc) is 4.18. The first-order valence-electron chi connectivity index (χ1n) is 27.1. The molecule has 0 saturated carbocycles. The molecule has 0 atom stereocenters. The van der Waals surface area contributed by atoms with E-state index in [0.29, 0.717) is 0 Å². The molecule has 2 aliphatic rings. The summed E-state index contributed by atoms with van der Waals surface area (Å²) in [5, 5.41) is 5.08. The highest BCUT2D eigenvalue weighted by Gasteiger charge is 2.38. The zero-order chi connectivity index (χ0) is 51.7. The van der Waals surface area contributed by atoms with Gasteiger partial charge in [0.2, 0.25) is 0 Å². The second-order valence-corrected chi connectivity index (χ2v) is 22.6. The standard InChI is InChI=1S/C75H56N2/c1-47-19-33-57(34-20-47)77-71-18-12-10-16-63(71)65-42-51(32-40-73(65)77)53-29-36-59-61-38-31-55(46-69(61)75(4,5)67(59)44-53)54-30-37-60-58-35-28-52(43-66(58)74(2,3)68(60)45-54)50-26-23-48(24-27-50)21-22-49-25-39-72-64(41-49)62-15-9-11-17-70(62)76(72)56-13-7-6-8-14-56/h6-46H,1-5H3/b22-21+. The average molecular weight is 985 g/mol. The number of hydrogen-bond donors (Lipinski definition) is 0. The van der Waals surface area contributed by atoms with Crippen molar-refractivity contribution in [3.8, 4) is 67.0 Å². The Hall–Kier alpha value is -9.24. The van der Waals surface area contributed by atoms with E-state index in [-0.39, 0.29) is 10.8 Å². The Morgan fingerprint density at radius 3 is 1.17 bits per heavy atom. The highest BCUT2D eigenvalue weighted by Crippen LogP contribution is 2.53. The van der Waals surface area contributed by atoms with Crippen molar-refractivity contribution in [3.63, 3.8) is 0 Å². The summed E-state index contributed by atoms with van der Waals surface area (Å²) in [7, 11) is 0. The van der Waals surface area contributed by atoms with Crippen LogP contribution in [0.4, 0.5) is 0 Å². The van der Waals surface area contributed by atoms with Crippen molar-refractivity contribution in [3.05, 3.63) is 276 Å². The fourth-order valence-corrected chi connectivity index (χ4v) is 13.2. The van der Waals surface area contributed by atoms with Gasteiger partial charge in [-0.2, -0.15) is 0 Å². The summed E-state index contributed by atoms with van der Waals surface area (Å²) in [5.41, 5.74) is 28.9. The van der Waals surface area contributed by atoms with E-state index in [1.165, 1.54) is 150 Å². The molecule has 11 aromatic carbocycles. The van der Waals surface area contributed by atoms with Crippen molar-refractivity contribution >= 4 is 55.8 Å². The van der Waals surface area contributed by atoms with E-state index in [0.717, 1.165) is 0 Å². The van der Waals surface area contributed by atoms with Crippen LogP contribution in [0.2, 0.25) is 0 Å². The Kier molecular flexibility index (Phi) is 9.91. The minimum Gasteiger partial charge on any atom is -0.309 e. The molecule has 366 valence electrons. The lowest BCUT2D eigenvalue weighted by Crippen LogP contribution is -2.15. The van der Waals surface area contributed by atoms with Crippen LogP contribution in [0, 0.1) is 6.92 Å². The first-order valence-corrected chi connectivity index (χ1v) is 27.1. The molecule has 0 amide bonds. The van der Waals surface area contributed by atoms with Crippen molar-refractivity contribution in [2.24, 2.45) is 0 Å². The third-order valence-electron chi connectivity index (χ3n) is 17.4. The van der Waals surface area contributed by atoms with Gasteiger partial charge >= 0.3 is 0 Å². The van der Waals surface area contributed by atoms with Crippen LogP contribution >= 0.6 is 0 Å². The van der Waals surface area contributed by atoms with E-state index < -0.39 is 0 Å². The minimum atomic E-state index is -0.166. The molecule has 2 heterocycles. The Labute approximate surface area is 450 Å². The summed E-state index contributed by atoms with van der Waals surface area (Å²) in [4.78, 5) is 0. The number of hydrogen-bond acceptors (Lipinski definition) is 0. The third-order valence-corrected chi connectivity index (χ3v) is 17.4. The Morgan fingerprint density at radius 2 is 0.649 bits per heavy atom. The van der Waals surface area contributed by atoms with Crippen LogP contribution in [0.1, 0.15) is 66.6 Å². The SMILES string of the molecule is Cc1ccc(-n2c3ccccc3c3cc(-c4ccc5c(c4)C(C)(C)c4cc(-c6ccc7c(c6)C(C)(C)c6cc(-c8ccc(/C=C/c9ccc%10c(c9)c9ccccc9n%10-c9ccccc9)cc8)ccc6-7)ccc4-5)ccc32)cc1. The fraction of sp³-hybridized carbons (Fsp3) is 0.0933. The van der Waals surface area contributed by atoms with Crippen LogP contribution in [0.5, 0.6) is 0 Å². The lowest BCUT2D eigenvalue weighted by atomic mass is 9.79. The molecule has 15 rings (SSSR count). The molecule has 2 nitrogen and oxygen atoms in total. The molecule has 2 aliphatic carbocycles. The van der Waals surface area contributed by atoms with Crippen LogP contribution in [0.25, 0.3) is 123 Å². The molecule has 0 bridgehead atoms. The van der Waals surface area contributed by atoms with Gasteiger partial charge in [0.25, 0.3) is 0 Å². The molecule has 0 saturated heterocycles. The van der Waals surface area contributed by atoms with Crippen LogP contribution in [0.15, 0.2) is 237 Å². The summed E-state index contributed by atoms with van der Waals surface area (Å²) >= 11 is 0. The zero-order valence-electron chi connectivity index (χ0n) is 44.1. The van der Waals surface area contributed by atoms with E-state index in [9.17, 15) is 0 Å². The molecule has 0 fully saturated rings. The quantitative estimate of drug-likeness (QED) is 0.141. The van der Waals surface area contributed by atoms with E-state index in [4.69, 9.17) is 0 Å². The summed E-state index contributed by atoms with van der Waals surface area (Å²) in [6.07, 6.45) is 4.47. The molecule has 77 heavy (non-hydrogen) atoms. The van der Waals surface area contributed by atoms with Crippen LogP contribution in [-0.4, -0.2) is 9.13 Å². The fourth-order valence-electron chi connectivity index (χ4n) is 13.2. The Morgan fingerprint density at radius 1 is 0.286 bits per heavy atom. The van der Waals surface area contributed by atoms with E-state index in [1.54, 1.807) is 0 Å². The normalized spacial score (nSPS) is 13.9. The number of para-hydroxylation sites is 3. The predicted molar refractivity (Wildman–Crippen MR) is 327 cm³/mol. The van der Waals surface area contributed by atoms with Crippen molar-refractivity contribution in [1.82, 2.24) is 9.13 Å². The predicted octanol–water partition coefficient (Wildman–Crippen LogP) is 20.0. The first kappa shape index (κ1) is 45.2. The first-order chi connectivity index (χ1) is 37.6. The molecule has 2 aromatic heterocycles. The van der Waals surface area contributed by atoms with Crippen molar-refractivity contribution in [2.45, 2.75) is 45.4 Å². The van der Waals surface area contributed by atoms with Crippen molar-refractivity contribution < 1.29 is 0 Å². The molecule has 0 unspecified atom stereocenters. The highest BCUT2D eigenvalue weighted by molar-refractivity contribution is 6.11. The van der Waals surface area contributed by atoms with Gasteiger partial charge in [0.05, 0.1) is 22.1 Å². The van der Waals surface area contributed by atoms with E-state index in [2.05, 4.69) is 292 Å². The molecular formula is C75H56N2. The largest absolute Gasteiger partial charge is 0.309 e. The zero-order valence-corrected chi connectivity index (χ0v) is 44.1. The molecule has 0 aliphatic heterocycles. The van der Waals surface area contributed by atoms with Gasteiger partial charge in [0.15, 0.2) is 0 Å². The van der Waals surface area contributed by atoms with Crippen molar-refractivity contribution in [2.75, 3.05) is 0 Å². The number of fused-ring (bicyclic) bond motifs is 12. The number of rotatable bonds is 7. The molecule has 13 aromatic rings. The van der Waals surface area contributed by atoms with Gasteiger partial charge in [0.1, 0.15) is 0 Å². The maximum absolute atomic E-state index is 2.47. The van der Waals surface area contributed by atoms with Gasteiger partial charge in [0, 0.05) is 43.7 Å². The van der Waals surface area contributed by atoms with E-state index >= 15 is 0 Å². The second kappa shape index (κ2) is 16.9. The maximum atomic E-state index is 2.47. The molecule has 0 spiro atoms. The number of benzene rings is 11. The van der Waals surface area contributed by atoms with Crippen LogP contribution < -0.4 is 0 Å². The van der Waals surface area contributed by atoms with Crippen molar-refractivity contribution in [1.29, 1.82) is 0 Å². The maximum Gasteiger partial charge on any atom is 0.0541 e. The van der Waals surface area contributed by atoms with Crippen LogP contribution in [0.3, 0.4) is 0 Å². The van der Waals surface area contributed by atoms with Gasteiger partial charge < -0.3 is 9.13 Å². The van der Waals surface area contributed by atoms with Gasteiger partial charge in [-0.05, 0) is 181 Å². The summed E-state index contributed by atoms with van der Waals surface area (Å²) in [5.74, 6) is 0. The summed E-state index contributed by atoms with van der Waals surface area (Å²) < 4.78 is 4.77. The molecular weight excluding hydrogens is 929 g/mol. The third kappa shape index (κ3) is 7.02. The lowest BCUT2D eigenvalue weighted by molar-refractivity contribution is 0.660.